The number of hydrogen-bond acceptors (Lipinski definition) is 4. The summed E-state index contributed by atoms with van der Waals surface area (Å²) in [5, 5.41) is 15.3. The van der Waals surface area contributed by atoms with E-state index in [-0.39, 0.29) is 0 Å². The minimum Gasteiger partial charge on any atom is -0.309 e. The first-order chi connectivity index (χ1) is 7.74. The predicted octanol–water partition coefficient (Wildman–Crippen LogP) is 1.13. The highest BCUT2D eigenvalue weighted by atomic mass is 15.6. The number of aromatic nitrogens is 4. The Labute approximate surface area is 96.6 Å². The molecule has 0 amide bonds. The second kappa shape index (κ2) is 5.39. The summed E-state index contributed by atoms with van der Waals surface area (Å²) in [6.45, 7) is 4.18. The van der Waals surface area contributed by atoms with Gasteiger partial charge in [0, 0.05) is 0 Å². The van der Waals surface area contributed by atoms with E-state index in [0.29, 0.717) is 0 Å². The first kappa shape index (κ1) is 11.5. The fourth-order valence-corrected chi connectivity index (χ4v) is 2.53. The van der Waals surface area contributed by atoms with Gasteiger partial charge in [-0.2, -0.15) is 4.80 Å². The van der Waals surface area contributed by atoms with Crippen molar-refractivity contribution in [1.82, 2.24) is 25.5 Å². The molecule has 1 fully saturated rings. The molecule has 0 aliphatic heterocycles. The van der Waals surface area contributed by atoms with Gasteiger partial charge in [-0.05, 0) is 36.4 Å². The molecule has 90 valence electrons. The summed E-state index contributed by atoms with van der Waals surface area (Å²) in [5.41, 5.74) is 0. The van der Waals surface area contributed by atoms with Crippen LogP contribution in [0.1, 0.15) is 38.4 Å². The lowest BCUT2D eigenvalue weighted by Gasteiger charge is -2.26. The van der Waals surface area contributed by atoms with Gasteiger partial charge in [0.15, 0.2) is 5.82 Å². The molecule has 0 aromatic carbocycles. The van der Waals surface area contributed by atoms with E-state index in [4.69, 9.17) is 0 Å². The van der Waals surface area contributed by atoms with Gasteiger partial charge in [0.05, 0.1) is 13.6 Å². The first-order valence-electron chi connectivity index (χ1n) is 6.17. The summed E-state index contributed by atoms with van der Waals surface area (Å²) < 4.78 is 0. The van der Waals surface area contributed by atoms with Crippen LogP contribution < -0.4 is 5.32 Å². The van der Waals surface area contributed by atoms with E-state index in [1.807, 2.05) is 0 Å². The van der Waals surface area contributed by atoms with Crippen LogP contribution in [0.2, 0.25) is 0 Å². The average Bonchev–Trinajstić information content (AvgIpc) is 2.64. The van der Waals surface area contributed by atoms with E-state index in [1.165, 1.54) is 30.5 Å². The Morgan fingerprint density at radius 2 is 2.31 bits per heavy atom. The van der Waals surface area contributed by atoms with Gasteiger partial charge in [-0.25, -0.2) is 0 Å². The molecular weight excluding hydrogens is 202 g/mol. The summed E-state index contributed by atoms with van der Waals surface area (Å²) in [6.07, 6.45) is 5.52. The van der Waals surface area contributed by atoms with Crippen molar-refractivity contribution in [2.75, 3.05) is 6.54 Å². The molecule has 2 rings (SSSR count). The zero-order chi connectivity index (χ0) is 11.4. The van der Waals surface area contributed by atoms with Crippen LogP contribution >= 0.6 is 0 Å². The molecule has 1 aromatic heterocycles. The molecule has 0 spiro atoms. The highest BCUT2D eigenvalue weighted by molar-refractivity contribution is 4.77. The highest BCUT2D eigenvalue weighted by Crippen LogP contribution is 2.27. The summed E-state index contributed by atoms with van der Waals surface area (Å²) in [5.74, 6) is 2.52. The van der Waals surface area contributed by atoms with Crippen LogP contribution in [0, 0.1) is 11.8 Å². The molecule has 1 N–H and O–H groups in total. The first-order valence-corrected chi connectivity index (χ1v) is 6.17. The van der Waals surface area contributed by atoms with Crippen LogP contribution in [0.5, 0.6) is 0 Å². The van der Waals surface area contributed by atoms with Crippen molar-refractivity contribution < 1.29 is 0 Å². The van der Waals surface area contributed by atoms with Crippen LogP contribution in [0.25, 0.3) is 0 Å². The van der Waals surface area contributed by atoms with Crippen LogP contribution in [0.15, 0.2) is 0 Å². The van der Waals surface area contributed by atoms with E-state index in [2.05, 4.69) is 27.7 Å². The Hall–Kier alpha value is -0.970. The van der Waals surface area contributed by atoms with E-state index >= 15 is 0 Å². The number of hydrogen-bond donors (Lipinski definition) is 1. The molecular formula is C11H21N5. The SMILES string of the molecule is CC1CCCC(CNCc2nnn(C)n2)C1. The van der Waals surface area contributed by atoms with Gasteiger partial charge in [0.25, 0.3) is 0 Å². The van der Waals surface area contributed by atoms with Crippen molar-refractivity contribution in [3.63, 3.8) is 0 Å². The van der Waals surface area contributed by atoms with Crippen molar-refractivity contribution in [3.05, 3.63) is 5.82 Å². The van der Waals surface area contributed by atoms with Crippen molar-refractivity contribution >= 4 is 0 Å². The molecule has 0 saturated heterocycles. The minimum absolute atomic E-state index is 0.735. The third-order valence-corrected chi connectivity index (χ3v) is 3.31. The van der Waals surface area contributed by atoms with Crippen LogP contribution in [0.3, 0.4) is 0 Å². The highest BCUT2D eigenvalue weighted by Gasteiger charge is 2.18. The second-order valence-electron chi connectivity index (χ2n) is 4.96. The largest absolute Gasteiger partial charge is 0.309 e. The molecule has 2 unspecified atom stereocenters. The fourth-order valence-electron chi connectivity index (χ4n) is 2.53. The third-order valence-electron chi connectivity index (χ3n) is 3.31. The van der Waals surface area contributed by atoms with Gasteiger partial charge < -0.3 is 5.32 Å². The van der Waals surface area contributed by atoms with Crippen LogP contribution in [-0.2, 0) is 13.6 Å². The molecule has 0 radical (unpaired) electrons. The number of tetrazole rings is 1. The van der Waals surface area contributed by atoms with Crippen molar-refractivity contribution in [2.24, 2.45) is 18.9 Å². The molecule has 2 atom stereocenters. The van der Waals surface area contributed by atoms with Gasteiger partial charge in [-0.1, -0.05) is 19.8 Å². The Morgan fingerprint density at radius 1 is 1.44 bits per heavy atom. The molecule has 16 heavy (non-hydrogen) atoms. The summed E-state index contributed by atoms with van der Waals surface area (Å²) in [6, 6.07) is 0. The summed E-state index contributed by atoms with van der Waals surface area (Å²) >= 11 is 0. The van der Waals surface area contributed by atoms with E-state index < -0.39 is 0 Å². The minimum atomic E-state index is 0.735. The molecule has 1 saturated carbocycles. The fraction of sp³-hybridized carbons (Fsp3) is 0.909. The monoisotopic (exact) mass is 223 g/mol. The predicted molar refractivity (Wildman–Crippen MR) is 61.6 cm³/mol. The van der Waals surface area contributed by atoms with E-state index in [1.54, 1.807) is 7.05 Å². The van der Waals surface area contributed by atoms with Crippen LogP contribution in [-0.4, -0.2) is 26.8 Å². The van der Waals surface area contributed by atoms with Gasteiger partial charge in [0.2, 0.25) is 0 Å². The maximum Gasteiger partial charge on any atom is 0.188 e. The lowest BCUT2D eigenvalue weighted by atomic mass is 9.82. The van der Waals surface area contributed by atoms with Gasteiger partial charge in [-0.15, -0.1) is 10.2 Å². The van der Waals surface area contributed by atoms with E-state index in [0.717, 1.165) is 30.7 Å². The quantitative estimate of drug-likeness (QED) is 0.831. The number of aryl methyl sites for hydroxylation is 1. The number of nitrogens with zero attached hydrogens (tertiary/aromatic N) is 4. The van der Waals surface area contributed by atoms with Crippen molar-refractivity contribution in [2.45, 2.75) is 39.2 Å². The van der Waals surface area contributed by atoms with Gasteiger partial charge >= 0.3 is 0 Å². The maximum atomic E-state index is 4.14. The summed E-state index contributed by atoms with van der Waals surface area (Å²) in [4.78, 5) is 1.50. The molecule has 1 aromatic rings. The van der Waals surface area contributed by atoms with Crippen molar-refractivity contribution in [1.29, 1.82) is 0 Å². The second-order valence-corrected chi connectivity index (χ2v) is 4.96. The molecule has 5 nitrogen and oxygen atoms in total. The molecule has 1 heterocycles. The lowest BCUT2D eigenvalue weighted by molar-refractivity contribution is 0.273. The van der Waals surface area contributed by atoms with Crippen molar-refractivity contribution in [3.8, 4) is 0 Å². The Kier molecular flexibility index (Phi) is 3.88. The maximum absolute atomic E-state index is 4.14. The topological polar surface area (TPSA) is 55.6 Å². The average molecular weight is 223 g/mol. The zero-order valence-electron chi connectivity index (χ0n) is 10.2. The lowest BCUT2D eigenvalue weighted by Crippen LogP contribution is -2.26. The van der Waals surface area contributed by atoms with Gasteiger partial charge in [-0.3, -0.25) is 0 Å². The number of rotatable bonds is 4. The Balaban J connectivity index is 1.67. The van der Waals surface area contributed by atoms with Crippen LogP contribution in [0.4, 0.5) is 0 Å². The summed E-state index contributed by atoms with van der Waals surface area (Å²) in [7, 11) is 1.79. The zero-order valence-corrected chi connectivity index (χ0v) is 10.2. The third kappa shape index (κ3) is 3.27. The molecule has 0 bridgehead atoms. The normalized spacial score (nSPS) is 25.9. The standard InChI is InChI=1S/C11H21N5/c1-9-4-3-5-10(6-9)7-12-8-11-13-15-16(2)14-11/h9-10,12H,3-8H2,1-2H3. The van der Waals surface area contributed by atoms with Gasteiger partial charge in [0.1, 0.15) is 0 Å². The Morgan fingerprint density at radius 3 is 3.00 bits per heavy atom. The molecule has 1 aliphatic rings. The smallest absolute Gasteiger partial charge is 0.188 e. The molecule has 1 aliphatic carbocycles. The molecule has 5 heteroatoms. The number of nitrogens with one attached hydrogen (secondary N) is 1. The Bertz CT molecular complexity index is 322. The van der Waals surface area contributed by atoms with E-state index in [9.17, 15) is 0 Å².